The van der Waals surface area contributed by atoms with Gasteiger partial charge in [0.1, 0.15) is 11.5 Å². The van der Waals surface area contributed by atoms with Crippen LogP contribution in [0.5, 0.6) is 5.75 Å². The largest absolute Gasteiger partial charge is 0.573 e. The van der Waals surface area contributed by atoms with E-state index in [4.69, 9.17) is 0 Å². The molecular formula is C12H10F3NO4. The molecule has 1 heterocycles. The van der Waals surface area contributed by atoms with Gasteiger partial charge < -0.3 is 15.2 Å². The molecular weight excluding hydrogens is 279 g/mol. The molecule has 2 rings (SSSR count). The third-order valence-electron chi connectivity index (χ3n) is 2.80. The molecule has 0 fully saturated rings. The zero-order valence-electron chi connectivity index (χ0n) is 10.2. The van der Waals surface area contributed by atoms with E-state index in [1.807, 2.05) is 0 Å². The fourth-order valence-electron chi connectivity index (χ4n) is 2.06. The Balaban J connectivity index is 2.42. The number of amides is 1. The Morgan fingerprint density at radius 3 is 2.65 bits per heavy atom. The van der Waals surface area contributed by atoms with E-state index in [1.54, 1.807) is 0 Å². The summed E-state index contributed by atoms with van der Waals surface area (Å²) < 4.78 is 40.2. The molecule has 0 saturated carbocycles. The topological polar surface area (TPSA) is 75.6 Å². The first-order chi connectivity index (χ1) is 9.12. The molecule has 8 heteroatoms. The van der Waals surface area contributed by atoms with Crippen LogP contribution >= 0.6 is 0 Å². The number of ketones is 1. The fraction of sp³-hybridized carbons (Fsp3) is 0.333. The minimum atomic E-state index is -4.89. The highest BCUT2D eigenvalue weighted by atomic mass is 19.4. The number of fused-ring (bicyclic) bond motifs is 1. The molecule has 1 aliphatic heterocycles. The van der Waals surface area contributed by atoms with E-state index in [0.717, 1.165) is 12.1 Å². The predicted octanol–water partition coefficient (Wildman–Crippen LogP) is 1.70. The van der Waals surface area contributed by atoms with Gasteiger partial charge in [0, 0.05) is 17.7 Å². The zero-order valence-corrected chi connectivity index (χ0v) is 10.2. The van der Waals surface area contributed by atoms with Gasteiger partial charge >= 0.3 is 6.36 Å². The number of ether oxygens (including phenoxy) is 1. The number of carbonyl (C=O) groups excluding carboxylic acids is 2. The van der Waals surface area contributed by atoms with Crippen molar-refractivity contribution in [3.05, 3.63) is 23.8 Å². The number of carbonyl (C=O) groups is 2. The van der Waals surface area contributed by atoms with Gasteiger partial charge in [0.2, 0.25) is 0 Å². The summed E-state index contributed by atoms with van der Waals surface area (Å²) in [7, 11) is 0. The number of Topliss-reactive ketones (excluding diaryl/α,β-unsaturated/α-hetero) is 1. The first kappa shape index (κ1) is 14.3. The molecule has 0 spiro atoms. The average molecular weight is 289 g/mol. The van der Waals surface area contributed by atoms with Gasteiger partial charge in [0.05, 0.1) is 0 Å². The van der Waals surface area contributed by atoms with E-state index in [2.05, 4.69) is 10.1 Å². The van der Waals surface area contributed by atoms with Crippen LogP contribution in [0.25, 0.3) is 0 Å². The molecule has 0 saturated heterocycles. The highest BCUT2D eigenvalue weighted by molar-refractivity contribution is 6.07. The van der Waals surface area contributed by atoms with Crippen LogP contribution in [-0.2, 0) is 15.2 Å². The van der Waals surface area contributed by atoms with Gasteiger partial charge in [-0.3, -0.25) is 9.59 Å². The maximum Gasteiger partial charge on any atom is 0.573 e. The van der Waals surface area contributed by atoms with Crippen LogP contribution in [-0.4, -0.2) is 23.2 Å². The smallest absolute Gasteiger partial charge is 0.406 e. The third-order valence-corrected chi connectivity index (χ3v) is 2.80. The summed E-state index contributed by atoms with van der Waals surface area (Å²) >= 11 is 0. The first-order valence-electron chi connectivity index (χ1n) is 5.55. The van der Waals surface area contributed by atoms with Crippen molar-refractivity contribution in [1.29, 1.82) is 0 Å². The van der Waals surface area contributed by atoms with Gasteiger partial charge in [0.25, 0.3) is 5.91 Å². The van der Waals surface area contributed by atoms with Crippen LogP contribution in [0.1, 0.15) is 18.9 Å². The number of anilines is 1. The van der Waals surface area contributed by atoms with E-state index in [1.165, 1.54) is 13.0 Å². The first-order valence-corrected chi connectivity index (χ1v) is 5.55. The number of hydrogen-bond donors (Lipinski definition) is 2. The Labute approximate surface area is 111 Å². The van der Waals surface area contributed by atoms with Crippen LogP contribution in [0.2, 0.25) is 0 Å². The van der Waals surface area contributed by atoms with Crippen molar-refractivity contribution in [1.82, 2.24) is 0 Å². The lowest BCUT2D eigenvalue weighted by atomic mass is 9.90. The van der Waals surface area contributed by atoms with Gasteiger partial charge in [-0.25, -0.2) is 0 Å². The molecule has 0 aromatic heterocycles. The predicted molar refractivity (Wildman–Crippen MR) is 60.9 cm³/mol. The van der Waals surface area contributed by atoms with Crippen molar-refractivity contribution in [3.63, 3.8) is 0 Å². The maximum atomic E-state index is 12.2. The number of halogens is 3. The Morgan fingerprint density at radius 2 is 2.10 bits per heavy atom. The molecule has 0 unspecified atom stereocenters. The summed E-state index contributed by atoms with van der Waals surface area (Å²) in [6.07, 6.45) is -5.41. The molecule has 2 N–H and O–H groups in total. The lowest BCUT2D eigenvalue weighted by Gasteiger charge is -2.19. The number of hydrogen-bond acceptors (Lipinski definition) is 4. The minimum Gasteiger partial charge on any atom is -0.406 e. The number of nitrogens with one attached hydrogen (secondary N) is 1. The molecule has 5 nitrogen and oxygen atoms in total. The number of rotatable bonds is 3. The second-order valence-corrected chi connectivity index (χ2v) is 4.45. The Morgan fingerprint density at radius 1 is 1.45 bits per heavy atom. The molecule has 0 bridgehead atoms. The van der Waals surface area contributed by atoms with Crippen molar-refractivity contribution >= 4 is 17.4 Å². The summed E-state index contributed by atoms with van der Waals surface area (Å²) in [5.74, 6) is -1.90. The molecule has 0 radical (unpaired) electrons. The number of benzene rings is 1. The monoisotopic (exact) mass is 289 g/mol. The lowest BCUT2D eigenvalue weighted by molar-refractivity contribution is -0.274. The van der Waals surface area contributed by atoms with Crippen LogP contribution in [0, 0.1) is 0 Å². The summed E-state index contributed by atoms with van der Waals surface area (Å²) in [5.41, 5.74) is -2.14. The summed E-state index contributed by atoms with van der Waals surface area (Å²) in [6.45, 7) is 1.17. The molecule has 20 heavy (non-hydrogen) atoms. The summed E-state index contributed by atoms with van der Waals surface area (Å²) in [4.78, 5) is 22.8. The lowest BCUT2D eigenvalue weighted by Crippen LogP contribution is -2.36. The summed E-state index contributed by atoms with van der Waals surface area (Å²) in [5, 5.41) is 12.5. The SMILES string of the molecule is CC(=O)C[C@@]1(O)C(=O)Nc2ccc(OC(F)(F)F)cc21. The second-order valence-electron chi connectivity index (χ2n) is 4.45. The summed E-state index contributed by atoms with van der Waals surface area (Å²) in [6, 6.07) is 3.07. The number of alkyl halides is 3. The van der Waals surface area contributed by atoms with Gasteiger partial charge in [-0.1, -0.05) is 0 Å². The Bertz CT molecular complexity index is 585. The van der Waals surface area contributed by atoms with Crippen molar-refractivity contribution in [2.75, 3.05) is 5.32 Å². The van der Waals surface area contributed by atoms with Crippen molar-refractivity contribution in [2.45, 2.75) is 25.3 Å². The maximum absolute atomic E-state index is 12.2. The van der Waals surface area contributed by atoms with E-state index in [9.17, 15) is 27.9 Å². The Kier molecular flexibility index (Phi) is 3.21. The van der Waals surface area contributed by atoms with Crippen LogP contribution in [0.15, 0.2) is 18.2 Å². The van der Waals surface area contributed by atoms with E-state index in [0.29, 0.717) is 0 Å². The highest BCUT2D eigenvalue weighted by Crippen LogP contribution is 2.41. The van der Waals surface area contributed by atoms with Gasteiger partial charge in [-0.05, 0) is 25.1 Å². The molecule has 0 aliphatic carbocycles. The van der Waals surface area contributed by atoms with Crippen LogP contribution in [0.3, 0.4) is 0 Å². The average Bonchev–Trinajstić information content (AvgIpc) is 2.49. The number of aliphatic hydroxyl groups is 1. The second kappa shape index (κ2) is 4.48. The van der Waals surface area contributed by atoms with E-state index < -0.39 is 35.8 Å². The molecule has 1 amide bonds. The normalized spacial score (nSPS) is 21.4. The standard InChI is InChI=1S/C12H10F3NO4/c1-6(17)5-11(19)8-4-7(20-12(13,14)15)2-3-9(8)16-10(11)18/h2-4,19H,5H2,1H3,(H,16,18)/t11-/m0/s1. The minimum absolute atomic E-state index is 0.112. The Hall–Kier alpha value is -2.09. The van der Waals surface area contributed by atoms with Crippen molar-refractivity contribution in [2.24, 2.45) is 0 Å². The van der Waals surface area contributed by atoms with Crippen LogP contribution < -0.4 is 10.1 Å². The van der Waals surface area contributed by atoms with Crippen molar-refractivity contribution < 1.29 is 32.6 Å². The third kappa shape index (κ3) is 2.60. The van der Waals surface area contributed by atoms with Crippen molar-refractivity contribution in [3.8, 4) is 5.75 Å². The molecule has 1 aromatic carbocycles. The van der Waals surface area contributed by atoms with Gasteiger partial charge in [-0.2, -0.15) is 0 Å². The zero-order chi connectivity index (χ0) is 15.1. The van der Waals surface area contributed by atoms with Crippen LogP contribution in [0.4, 0.5) is 18.9 Å². The molecule has 108 valence electrons. The highest BCUT2D eigenvalue weighted by Gasteiger charge is 2.46. The van der Waals surface area contributed by atoms with E-state index >= 15 is 0 Å². The van der Waals surface area contributed by atoms with E-state index in [-0.39, 0.29) is 11.3 Å². The quantitative estimate of drug-likeness (QED) is 0.888. The fourth-order valence-corrected chi connectivity index (χ4v) is 2.06. The molecule has 1 atom stereocenters. The van der Waals surface area contributed by atoms with Gasteiger partial charge in [-0.15, -0.1) is 13.2 Å². The molecule has 1 aromatic rings. The molecule has 1 aliphatic rings. The van der Waals surface area contributed by atoms with Gasteiger partial charge in [0.15, 0.2) is 5.60 Å².